The van der Waals surface area contributed by atoms with Crippen molar-refractivity contribution in [3.05, 3.63) is 50.3 Å². The van der Waals surface area contributed by atoms with Crippen molar-refractivity contribution in [2.45, 2.75) is 19.1 Å². The van der Waals surface area contributed by atoms with Gasteiger partial charge >= 0.3 is 0 Å². The van der Waals surface area contributed by atoms with Gasteiger partial charge in [-0.05, 0) is 36.7 Å². The zero-order valence-corrected chi connectivity index (χ0v) is 14.6. The Morgan fingerprint density at radius 2 is 2.23 bits per heavy atom. The molecule has 0 bridgehead atoms. The average Bonchev–Trinajstić information content (AvgIpc) is 2.84. The fourth-order valence-electron chi connectivity index (χ4n) is 3.10. The summed E-state index contributed by atoms with van der Waals surface area (Å²) in [4.78, 5) is 16.2. The third kappa shape index (κ3) is 2.35. The van der Waals surface area contributed by atoms with Crippen LogP contribution in [0.1, 0.15) is 32.5 Å². The second-order valence-electron chi connectivity index (χ2n) is 5.80. The lowest BCUT2D eigenvalue weighted by molar-refractivity contribution is 0.0935. The first kappa shape index (κ1) is 14.2. The highest BCUT2D eigenvalue weighted by Gasteiger charge is 2.32. The van der Waals surface area contributed by atoms with E-state index in [9.17, 15) is 4.79 Å². The van der Waals surface area contributed by atoms with Gasteiger partial charge in [0.15, 0.2) is 0 Å². The van der Waals surface area contributed by atoms with Crippen LogP contribution in [-0.4, -0.2) is 24.4 Å². The Kier molecular flexibility index (Phi) is 3.47. The molecule has 1 amide bonds. The highest BCUT2D eigenvalue weighted by atomic mass is 79.9. The molecule has 0 fully saturated rings. The van der Waals surface area contributed by atoms with Crippen LogP contribution in [0.2, 0.25) is 0 Å². The fourth-order valence-corrected chi connectivity index (χ4v) is 4.87. The highest BCUT2D eigenvalue weighted by molar-refractivity contribution is 9.10. The largest absolute Gasteiger partial charge is 0.353 e. The van der Waals surface area contributed by atoms with Crippen LogP contribution in [0.4, 0.5) is 5.00 Å². The number of carbonyl (C=O) groups is 1. The van der Waals surface area contributed by atoms with Crippen LogP contribution < -0.4 is 10.6 Å². The van der Waals surface area contributed by atoms with E-state index >= 15 is 0 Å². The molecular formula is C16H16BrN3OS. The highest BCUT2D eigenvalue weighted by Crippen LogP contribution is 2.40. The molecule has 0 saturated heterocycles. The van der Waals surface area contributed by atoms with Gasteiger partial charge in [-0.1, -0.05) is 28.1 Å². The molecule has 1 atom stereocenters. The average molecular weight is 378 g/mol. The number of hydrogen-bond acceptors (Lipinski definition) is 4. The van der Waals surface area contributed by atoms with Gasteiger partial charge in [-0.3, -0.25) is 4.79 Å². The Labute approximate surface area is 141 Å². The second-order valence-corrected chi connectivity index (χ2v) is 7.82. The first-order valence-electron chi connectivity index (χ1n) is 7.28. The molecule has 3 heterocycles. The molecule has 2 aliphatic heterocycles. The van der Waals surface area contributed by atoms with Gasteiger partial charge in [0.25, 0.3) is 5.91 Å². The Morgan fingerprint density at radius 1 is 1.36 bits per heavy atom. The van der Waals surface area contributed by atoms with Gasteiger partial charge in [-0.2, -0.15) is 0 Å². The molecule has 1 aromatic heterocycles. The lowest BCUT2D eigenvalue weighted by atomic mass is 10.0. The number of benzene rings is 1. The summed E-state index contributed by atoms with van der Waals surface area (Å²) in [5.74, 6) is 0.0424. The predicted octanol–water partition coefficient (Wildman–Crippen LogP) is 3.35. The van der Waals surface area contributed by atoms with Crippen molar-refractivity contribution in [1.29, 1.82) is 0 Å². The number of rotatable bonds is 1. The van der Waals surface area contributed by atoms with Gasteiger partial charge in [0.1, 0.15) is 11.2 Å². The first-order valence-corrected chi connectivity index (χ1v) is 8.89. The van der Waals surface area contributed by atoms with Crippen molar-refractivity contribution in [3.63, 3.8) is 0 Å². The Balaban J connectivity index is 1.71. The summed E-state index contributed by atoms with van der Waals surface area (Å²) in [5.41, 5.74) is 3.15. The molecule has 1 aromatic carbocycles. The fraction of sp³-hybridized carbons (Fsp3) is 0.312. The number of thiophene rings is 1. The summed E-state index contributed by atoms with van der Waals surface area (Å²) in [7, 11) is 2.12. The SMILES string of the molecule is CN1CCc2c(sc3c2C(=O)NC(c2cccc(Br)c2)N3)C1. The lowest BCUT2D eigenvalue weighted by Gasteiger charge is -2.27. The first-order chi connectivity index (χ1) is 10.6. The molecular weight excluding hydrogens is 362 g/mol. The minimum atomic E-state index is -0.171. The van der Waals surface area contributed by atoms with Crippen molar-refractivity contribution >= 4 is 38.2 Å². The van der Waals surface area contributed by atoms with E-state index in [0.717, 1.165) is 40.1 Å². The van der Waals surface area contributed by atoms with Crippen molar-refractivity contribution < 1.29 is 4.79 Å². The maximum atomic E-state index is 12.6. The number of carbonyl (C=O) groups excluding carboxylic acids is 1. The van der Waals surface area contributed by atoms with Crippen LogP contribution >= 0.6 is 27.3 Å². The number of hydrogen-bond donors (Lipinski definition) is 2. The second kappa shape index (κ2) is 5.37. The van der Waals surface area contributed by atoms with Gasteiger partial charge in [-0.15, -0.1) is 11.3 Å². The van der Waals surface area contributed by atoms with E-state index in [2.05, 4.69) is 38.5 Å². The number of amides is 1. The number of nitrogens with zero attached hydrogens (tertiary/aromatic N) is 1. The Bertz CT molecular complexity index is 758. The minimum absolute atomic E-state index is 0.0424. The van der Waals surface area contributed by atoms with Crippen LogP contribution in [0, 0.1) is 0 Å². The lowest BCUT2D eigenvalue weighted by Crippen LogP contribution is -2.38. The molecule has 1 unspecified atom stereocenters. The third-order valence-electron chi connectivity index (χ3n) is 4.21. The standard InChI is InChI=1S/C16H16BrN3OS/c1-20-6-5-11-12(8-20)22-16-13(11)15(21)18-14(19-16)9-3-2-4-10(17)7-9/h2-4,7,14,19H,5-6,8H2,1H3,(H,18,21). The normalized spacial score (nSPS) is 20.8. The quantitative estimate of drug-likeness (QED) is 0.800. The number of nitrogens with one attached hydrogen (secondary N) is 2. The van der Waals surface area contributed by atoms with E-state index < -0.39 is 0 Å². The maximum Gasteiger partial charge on any atom is 0.256 e. The maximum absolute atomic E-state index is 12.6. The van der Waals surface area contributed by atoms with Crippen LogP contribution in [-0.2, 0) is 13.0 Å². The van der Waals surface area contributed by atoms with Gasteiger partial charge in [0.05, 0.1) is 5.56 Å². The summed E-state index contributed by atoms with van der Waals surface area (Å²) >= 11 is 5.21. The Morgan fingerprint density at radius 3 is 3.05 bits per heavy atom. The zero-order chi connectivity index (χ0) is 15.3. The van der Waals surface area contributed by atoms with E-state index in [0.29, 0.717) is 0 Å². The van der Waals surface area contributed by atoms with E-state index in [1.807, 2.05) is 24.3 Å². The van der Waals surface area contributed by atoms with Crippen LogP contribution in [0.3, 0.4) is 0 Å². The molecule has 4 rings (SSSR count). The summed E-state index contributed by atoms with van der Waals surface area (Å²) in [6.07, 6.45) is 0.782. The summed E-state index contributed by atoms with van der Waals surface area (Å²) in [6.45, 7) is 1.95. The molecule has 0 aliphatic carbocycles. The van der Waals surface area contributed by atoms with Gasteiger partial charge in [0, 0.05) is 22.4 Å². The van der Waals surface area contributed by atoms with E-state index in [4.69, 9.17) is 0 Å². The van der Waals surface area contributed by atoms with Crippen LogP contribution in [0.25, 0.3) is 0 Å². The topological polar surface area (TPSA) is 44.4 Å². The van der Waals surface area contributed by atoms with Crippen molar-refractivity contribution in [1.82, 2.24) is 10.2 Å². The molecule has 4 nitrogen and oxygen atoms in total. The molecule has 6 heteroatoms. The van der Waals surface area contributed by atoms with Crippen molar-refractivity contribution in [2.24, 2.45) is 0 Å². The third-order valence-corrected chi connectivity index (χ3v) is 5.85. The van der Waals surface area contributed by atoms with E-state index in [1.165, 1.54) is 10.4 Å². The van der Waals surface area contributed by atoms with E-state index in [1.54, 1.807) is 11.3 Å². The van der Waals surface area contributed by atoms with Crippen LogP contribution in [0.15, 0.2) is 28.7 Å². The number of fused-ring (bicyclic) bond motifs is 3. The molecule has 0 radical (unpaired) electrons. The summed E-state index contributed by atoms with van der Waals surface area (Å²) in [6, 6.07) is 8.02. The zero-order valence-electron chi connectivity index (χ0n) is 12.1. The van der Waals surface area contributed by atoms with Gasteiger partial charge in [-0.25, -0.2) is 0 Å². The molecule has 2 N–H and O–H groups in total. The molecule has 22 heavy (non-hydrogen) atoms. The minimum Gasteiger partial charge on any atom is -0.353 e. The molecule has 114 valence electrons. The summed E-state index contributed by atoms with van der Waals surface area (Å²) < 4.78 is 1.01. The number of halogens is 1. The number of likely N-dealkylation sites (N-methyl/N-ethyl adjacent to an activating group) is 1. The monoisotopic (exact) mass is 377 g/mol. The van der Waals surface area contributed by atoms with E-state index in [-0.39, 0.29) is 12.1 Å². The van der Waals surface area contributed by atoms with Crippen molar-refractivity contribution in [3.8, 4) is 0 Å². The molecule has 0 saturated carbocycles. The van der Waals surface area contributed by atoms with Gasteiger partial charge in [0.2, 0.25) is 0 Å². The number of anilines is 1. The van der Waals surface area contributed by atoms with Crippen LogP contribution in [0.5, 0.6) is 0 Å². The molecule has 2 aromatic rings. The van der Waals surface area contributed by atoms with Gasteiger partial charge < -0.3 is 15.5 Å². The summed E-state index contributed by atoms with van der Waals surface area (Å²) in [5, 5.41) is 7.58. The van der Waals surface area contributed by atoms with Crippen molar-refractivity contribution in [2.75, 3.05) is 18.9 Å². The Hall–Kier alpha value is -1.37. The smallest absolute Gasteiger partial charge is 0.256 e. The molecule has 2 aliphatic rings. The molecule has 0 spiro atoms. The predicted molar refractivity (Wildman–Crippen MR) is 92.3 cm³/mol.